The molecule has 1 heterocycles. The molecule has 0 radical (unpaired) electrons. The summed E-state index contributed by atoms with van der Waals surface area (Å²) < 4.78 is 10.6. The number of hydrogen-bond donors (Lipinski definition) is 2. The van der Waals surface area contributed by atoms with Crippen LogP contribution in [0.5, 0.6) is 11.5 Å². The molecule has 0 saturated carbocycles. The lowest BCUT2D eigenvalue weighted by Gasteiger charge is -2.08. The summed E-state index contributed by atoms with van der Waals surface area (Å²) >= 11 is 0. The van der Waals surface area contributed by atoms with Gasteiger partial charge >= 0.3 is 0 Å². The molecule has 1 aromatic heterocycles. The van der Waals surface area contributed by atoms with E-state index in [1.54, 1.807) is 25.3 Å². The van der Waals surface area contributed by atoms with Gasteiger partial charge in [0.1, 0.15) is 23.9 Å². The zero-order chi connectivity index (χ0) is 19.1. The van der Waals surface area contributed by atoms with Gasteiger partial charge in [-0.15, -0.1) is 0 Å². The summed E-state index contributed by atoms with van der Waals surface area (Å²) in [6.45, 7) is 0.760. The van der Waals surface area contributed by atoms with Gasteiger partial charge in [0.25, 0.3) is 5.56 Å². The molecule has 0 bridgehead atoms. The number of fused-ring (bicyclic) bond motifs is 1. The molecular weight excluding hydrogens is 346 g/mol. The van der Waals surface area contributed by atoms with E-state index in [4.69, 9.17) is 9.47 Å². The smallest absolute Gasteiger partial charge is 0.258 e. The molecule has 3 rings (SSSR count). The average Bonchev–Trinajstić information content (AvgIpc) is 2.70. The largest absolute Gasteiger partial charge is 0.497 e. The fourth-order valence-electron chi connectivity index (χ4n) is 2.60. The second kappa shape index (κ2) is 8.84. The van der Waals surface area contributed by atoms with Crippen LogP contribution < -0.4 is 20.3 Å². The number of nitrogens with zero attached hydrogens (tertiary/aromatic N) is 1. The van der Waals surface area contributed by atoms with Crippen molar-refractivity contribution in [3.05, 3.63) is 64.7 Å². The lowest BCUT2D eigenvalue weighted by atomic mass is 10.2. The SMILES string of the molecule is COc1ccc(OCCNC(=O)CCc2nc3ccccc3c(=O)[nH]2)cc1. The molecule has 2 N–H and O–H groups in total. The van der Waals surface area contributed by atoms with E-state index >= 15 is 0 Å². The van der Waals surface area contributed by atoms with E-state index in [0.29, 0.717) is 42.0 Å². The Morgan fingerprint density at radius 2 is 1.85 bits per heavy atom. The molecule has 140 valence electrons. The number of benzene rings is 2. The van der Waals surface area contributed by atoms with Crippen LogP contribution in [0.2, 0.25) is 0 Å². The zero-order valence-corrected chi connectivity index (χ0v) is 15.0. The summed E-state index contributed by atoms with van der Waals surface area (Å²) in [5.74, 6) is 1.85. The lowest BCUT2D eigenvalue weighted by molar-refractivity contribution is -0.121. The number of aromatic amines is 1. The first kappa shape index (κ1) is 18.4. The average molecular weight is 367 g/mol. The highest BCUT2D eigenvalue weighted by Crippen LogP contribution is 2.16. The number of rotatable bonds is 8. The van der Waals surface area contributed by atoms with Crippen molar-refractivity contribution in [2.45, 2.75) is 12.8 Å². The second-order valence-corrected chi connectivity index (χ2v) is 5.90. The van der Waals surface area contributed by atoms with Crippen molar-refractivity contribution in [3.63, 3.8) is 0 Å². The molecule has 1 amide bonds. The van der Waals surface area contributed by atoms with Crippen molar-refractivity contribution in [3.8, 4) is 11.5 Å². The van der Waals surface area contributed by atoms with Crippen molar-refractivity contribution in [2.24, 2.45) is 0 Å². The maximum Gasteiger partial charge on any atom is 0.258 e. The van der Waals surface area contributed by atoms with E-state index in [1.165, 1.54) is 0 Å². The van der Waals surface area contributed by atoms with Gasteiger partial charge in [-0.3, -0.25) is 9.59 Å². The van der Waals surface area contributed by atoms with Crippen molar-refractivity contribution in [2.75, 3.05) is 20.3 Å². The van der Waals surface area contributed by atoms with Crippen LogP contribution in [0.25, 0.3) is 10.9 Å². The number of amides is 1. The number of nitrogens with one attached hydrogen (secondary N) is 2. The first-order chi connectivity index (χ1) is 13.2. The molecule has 3 aromatic rings. The molecule has 0 aliphatic carbocycles. The number of aryl methyl sites for hydroxylation is 1. The number of aromatic nitrogens is 2. The highest BCUT2D eigenvalue weighted by atomic mass is 16.5. The summed E-state index contributed by atoms with van der Waals surface area (Å²) in [5, 5.41) is 3.33. The van der Waals surface area contributed by atoms with Crippen molar-refractivity contribution in [1.82, 2.24) is 15.3 Å². The monoisotopic (exact) mass is 367 g/mol. The Morgan fingerprint density at radius 3 is 2.63 bits per heavy atom. The maximum absolute atomic E-state index is 12.0. The molecule has 0 aliphatic heterocycles. The first-order valence-electron chi connectivity index (χ1n) is 8.67. The van der Waals surface area contributed by atoms with Crippen molar-refractivity contribution < 1.29 is 14.3 Å². The Kier molecular flexibility index (Phi) is 6.04. The molecule has 0 spiro atoms. The predicted octanol–water partition coefficient (Wildman–Crippen LogP) is 2.06. The molecule has 27 heavy (non-hydrogen) atoms. The van der Waals surface area contributed by atoms with E-state index in [1.807, 2.05) is 30.3 Å². The van der Waals surface area contributed by atoms with E-state index in [-0.39, 0.29) is 17.9 Å². The third kappa shape index (κ3) is 5.07. The highest BCUT2D eigenvalue weighted by molar-refractivity contribution is 5.78. The van der Waals surface area contributed by atoms with Crippen LogP contribution in [-0.4, -0.2) is 36.1 Å². The first-order valence-corrected chi connectivity index (χ1v) is 8.67. The van der Waals surface area contributed by atoms with Gasteiger partial charge in [-0.2, -0.15) is 0 Å². The van der Waals surface area contributed by atoms with Gasteiger partial charge in [-0.05, 0) is 36.4 Å². The zero-order valence-electron chi connectivity index (χ0n) is 15.0. The Hall–Kier alpha value is -3.35. The standard InChI is InChI=1S/C20H21N3O4/c1-26-14-6-8-15(9-7-14)27-13-12-21-19(24)11-10-18-22-17-5-3-2-4-16(17)20(25)23-18/h2-9H,10-13H2,1H3,(H,21,24)(H,22,23,25). The van der Waals surface area contributed by atoms with E-state index in [0.717, 1.165) is 5.75 Å². The summed E-state index contributed by atoms with van der Waals surface area (Å²) in [6.07, 6.45) is 0.606. The minimum atomic E-state index is -0.191. The van der Waals surface area contributed by atoms with Gasteiger partial charge < -0.3 is 19.8 Å². The van der Waals surface area contributed by atoms with E-state index < -0.39 is 0 Å². The van der Waals surface area contributed by atoms with Gasteiger partial charge in [-0.25, -0.2) is 4.98 Å². The quantitative estimate of drug-likeness (QED) is 0.595. The minimum Gasteiger partial charge on any atom is -0.497 e. The fourth-order valence-corrected chi connectivity index (χ4v) is 2.60. The summed E-state index contributed by atoms with van der Waals surface area (Å²) in [7, 11) is 1.61. The number of carbonyl (C=O) groups excluding carboxylic acids is 1. The Labute approximate surface area is 156 Å². The van der Waals surface area contributed by atoms with Crippen molar-refractivity contribution >= 4 is 16.8 Å². The molecule has 7 heteroatoms. The summed E-state index contributed by atoms with van der Waals surface area (Å²) in [6, 6.07) is 14.4. The number of carbonyl (C=O) groups is 1. The van der Waals surface area contributed by atoms with Gasteiger partial charge in [0, 0.05) is 12.8 Å². The van der Waals surface area contributed by atoms with Crippen LogP contribution in [0.4, 0.5) is 0 Å². The molecule has 0 saturated heterocycles. The molecule has 0 fully saturated rings. The van der Waals surface area contributed by atoms with Gasteiger partial charge in [0.05, 0.1) is 24.6 Å². The van der Waals surface area contributed by atoms with Gasteiger partial charge in [0.2, 0.25) is 5.91 Å². The van der Waals surface area contributed by atoms with Crippen LogP contribution in [0.15, 0.2) is 53.3 Å². The Balaban J connectivity index is 1.42. The topological polar surface area (TPSA) is 93.3 Å². The summed E-state index contributed by atoms with van der Waals surface area (Å²) in [5.41, 5.74) is 0.438. The molecule has 0 unspecified atom stereocenters. The molecule has 2 aromatic carbocycles. The highest BCUT2D eigenvalue weighted by Gasteiger charge is 2.06. The Bertz CT molecular complexity index is 967. The molecular formula is C20H21N3O4. The predicted molar refractivity (Wildman–Crippen MR) is 102 cm³/mol. The van der Waals surface area contributed by atoms with Crippen LogP contribution >= 0.6 is 0 Å². The van der Waals surface area contributed by atoms with E-state index in [2.05, 4.69) is 15.3 Å². The molecule has 7 nitrogen and oxygen atoms in total. The number of ether oxygens (including phenoxy) is 2. The van der Waals surface area contributed by atoms with Gasteiger partial charge in [-0.1, -0.05) is 12.1 Å². The lowest BCUT2D eigenvalue weighted by Crippen LogP contribution is -2.28. The van der Waals surface area contributed by atoms with Crippen LogP contribution in [-0.2, 0) is 11.2 Å². The minimum absolute atomic E-state index is 0.121. The fraction of sp³-hybridized carbons (Fsp3) is 0.250. The molecule has 0 atom stereocenters. The van der Waals surface area contributed by atoms with Crippen LogP contribution in [0, 0.1) is 0 Å². The molecule has 0 aliphatic rings. The van der Waals surface area contributed by atoms with E-state index in [9.17, 15) is 9.59 Å². The second-order valence-electron chi connectivity index (χ2n) is 5.90. The Morgan fingerprint density at radius 1 is 1.11 bits per heavy atom. The number of para-hydroxylation sites is 1. The number of hydrogen-bond acceptors (Lipinski definition) is 5. The number of H-pyrrole nitrogens is 1. The maximum atomic E-state index is 12.0. The van der Waals surface area contributed by atoms with Crippen LogP contribution in [0.3, 0.4) is 0 Å². The third-order valence-corrected chi connectivity index (χ3v) is 4.00. The van der Waals surface area contributed by atoms with Crippen LogP contribution in [0.1, 0.15) is 12.2 Å². The van der Waals surface area contributed by atoms with Gasteiger partial charge in [0.15, 0.2) is 0 Å². The van der Waals surface area contributed by atoms with Crippen molar-refractivity contribution in [1.29, 1.82) is 0 Å². The number of methoxy groups -OCH3 is 1. The normalized spacial score (nSPS) is 10.6. The third-order valence-electron chi connectivity index (χ3n) is 4.00. The summed E-state index contributed by atoms with van der Waals surface area (Å²) in [4.78, 5) is 31.1.